The number of carbonyl (C=O) groups excluding carboxylic acids is 2. The van der Waals surface area contributed by atoms with Crippen molar-refractivity contribution in [2.24, 2.45) is 5.18 Å². The van der Waals surface area contributed by atoms with E-state index in [1.54, 1.807) is 25.1 Å². The van der Waals surface area contributed by atoms with Gasteiger partial charge in [0.15, 0.2) is 10.1 Å². The molecule has 0 saturated heterocycles. The van der Waals surface area contributed by atoms with Crippen LogP contribution in [0.2, 0.25) is 0 Å². The SMILES string of the molecule is CC(=O)Nc1cc(NCCCCCCCCC(=O)O)ccc1C(=O)Nc1nc(C)c(N=O)s1. The molecule has 0 spiro atoms. The number of nitrogens with one attached hydrogen (secondary N) is 3. The van der Waals surface area contributed by atoms with Crippen molar-refractivity contribution in [1.82, 2.24) is 4.98 Å². The molecule has 0 atom stereocenters. The van der Waals surface area contributed by atoms with Crippen molar-refractivity contribution < 1.29 is 19.5 Å². The van der Waals surface area contributed by atoms with Gasteiger partial charge in [-0.15, -0.1) is 4.91 Å². The van der Waals surface area contributed by atoms with E-state index >= 15 is 0 Å². The fourth-order valence-corrected chi connectivity index (χ4v) is 3.92. The Balaban J connectivity index is 1.89. The molecule has 10 nitrogen and oxygen atoms in total. The summed E-state index contributed by atoms with van der Waals surface area (Å²) in [6.45, 7) is 3.73. The number of unbranched alkanes of at least 4 members (excludes halogenated alkanes) is 5. The summed E-state index contributed by atoms with van der Waals surface area (Å²) >= 11 is 0.980. The van der Waals surface area contributed by atoms with E-state index < -0.39 is 11.9 Å². The first-order valence-corrected chi connectivity index (χ1v) is 11.6. The predicted molar refractivity (Wildman–Crippen MR) is 129 cm³/mol. The minimum atomic E-state index is -0.746. The molecule has 0 aliphatic rings. The van der Waals surface area contributed by atoms with Gasteiger partial charge in [-0.25, -0.2) is 4.98 Å². The van der Waals surface area contributed by atoms with Crippen LogP contribution in [0, 0.1) is 11.8 Å². The Hall–Kier alpha value is -3.34. The fraction of sp³-hybridized carbons (Fsp3) is 0.455. The predicted octanol–water partition coefficient (Wildman–Crippen LogP) is 5.29. The van der Waals surface area contributed by atoms with Crippen LogP contribution in [0.5, 0.6) is 0 Å². The molecule has 1 aromatic heterocycles. The molecule has 1 aromatic carbocycles. The minimum Gasteiger partial charge on any atom is -0.481 e. The average Bonchev–Trinajstić information content (AvgIpc) is 3.10. The lowest BCUT2D eigenvalue weighted by molar-refractivity contribution is -0.137. The van der Waals surface area contributed by atoms with Crippen LogP contribution in [0.15, 0.2) is 23.4 Å². The highest BCUT2D eigenvalue weighted by atomic mass is 32.1. The molecule has 0 saturated carbocycles. The number of aromatic nitrogens is 1. The maximum Gasteiger partial charge on any atom is 0.303 e. The van der Waals surface area contributed by atoms with Gasteiger partial charge in [0, 0.05) is 25.6 Å². The molecule has 0 fully saturated rings. The molecule has 1 heterocycles. The van der Waals surface area contributed by atoms with Crippen LogP contribution in [0.3, 0.4) is 0 Å². The summed E-state index contributed by atoms with van der Waals surface area (Å²) in [6, 6.07) is 5.08. The van der Waals surface area contributed by atoms with Crippen molar-refractivity contribution in [1.29, 1.82) is 0 Å². The number of anilines is 3. The number of carbonyl (C=O) groups is 3. The van der Waals surface area contributed by atoms with Crippen molar-refractivity contribution in [2.45, 2.75) is 58.8 Å². The summed E-state index contributed by atoms with van der Waals surface area (Å²) in [5.41, 5.74) is 1.84. The monoisotopic (exact) mass is 475 g/mol. The third-order valence-corrected chi connectivity index (χ3v) is 5.75. The first-order valence-electron chi connectivity index (χ1n) is 10.8. The third-order valence-electron chi connectivity index (χ3n) is 4.80. The number of carboxylic acid groups (broad SMARTS) is 1. The van der Waals surface area contributed by atoms with Gasteiger partial charge in [-0.1, -0.05) is 37.0 Å². The number of benzene rings is 1. The number of hydrogen-bond donors (Lipinski definition) is 4. The van der Waals surface area contributed by atoms with Crippen LogP contribution >= 0.6 is 11.3 Å². The first-order chi connectivity index (χ1) is 15.8. The second-order valence-electron chi connectivity index (χ2n) is 7.59. The van der Waals surface area contributed by atoms with E-state index in [1.165, 1.54) is 6.92 Å². The van der Waals surface area contributed by atoms with E-state index in [0.29, 0.717) is 11.4 Å². The number of thiazole rings is 1. The van der Waals surface area contributed by atoms with Gasteiger partial charge in [0.2, 0.25) is 5.91 Å². The van der Waals surface area contributed by atoms with Crippen LogP contribution in [0.25, 0.3) is 0 Å². The Morgan fingerprint density at radius 2 is 1.76 bits per heavy atom. The molecule has 2 aromatic rings. The van der Waals surface area contributed by atoms with E-state index in [-0.39, 0.29) is 28.0 Å². The van der Waals surface area contributed by atoms with Gasteiger partial charge < -0.3 is 15.7 Å². The Morgan fingerprint density at radius 3 is 2.39 bits per heavy atom. The van der Waals surface area contributed by atoms with Gasteiger partial charge in [0.05, 0.1) is 16.9 Å². The molecule has 33 heavy (non-hydrogen) atoms. The molecule has 4 N–H and O–H groups in total. The highest BCUT2D eigenvalue weighted by Crippen LogP contribution is 2.31. The van der Waals surface area contributed by atoms with E-state index in [9.17, 15) is 19.3 Å². The standard InChI is InChI=1S/C22H29N5O5S/c1-14-21(27-32)33-22(24-14)26-20(31)17-11-10-16(13-18(17)25-15(2)28)23-12-8-6-4-3-5-7-9-19(29)30/h10-11,13,23H,3-9,12H2,1-2H3,(H,25,28)(H,29,30)(H,24,26,31). The summed E-state index contributed by atoms with van der Waals surface area (Å²) in [4.78, 5) is 49.7. The van der Waals surface area contributed by atoms with Crippen molar-refractivity contribution >= 4 is 50.6 Å². The first kappa shape index (κ1) is 25.9. The van der Waals surface area contributed by atoms with Crippen LogP contribution in [0.4, 0.5) is 21.5 Å². The second kappa shape index (κ2) is 13.3. The van der Waals surface area contributed by atoms with Gasteiger partial charge in [-0.2, -0.15) is 0 Å². The lowest BCUT2D eigenvalue weighted by Gasteiger charge is -2.13. The maximum absolute atomic E-state index is 12.7. The van der Waals surface area contributed by atoms with Gasteiger partial charge in [0.25, 0.3) is 5.91 Å². The van der Waals surface area contributed by atoms with E-state index in [4.69, 9.17) is 5.11 Å². The fourth-order valence-electron chi connectivity index (χ4n) is 3.18. The number of hydrogen-bond acceptors (Lipinski definition) is 8. The van der Waals surface area contributed by atoms with Crippen LogP contribution in [-0.4, -0.2) is 34.4 Å². The van der Waals surface area contributed by atoms with Crippen molar-refractivity contribution in [3.63, 3.8) is 0 Å². The summed E-state index contributed by atoms with van der Waals surface area (Å²) in [5.74, 6) is -1.51. The molecule has 0 bridgehead atoms. The molecule has 0 unspecified atom stereocenters. The number of aryl methyl sites for hydroxylation is 1. The number of aliphatic carboxylic acids is 1. The highest BCUT2D eigenvalue weighted by Gasteiger charge is 2.16. The van der Waals surface area contributed by atoms with Gasteiger partial charge in [0.1, 0.15) is 0 Å². The highest BCUT2D eigenvalue weighted by molar-refractivity contribution is 7.19. The zero-order valence-electron chi connectivity index (χ0n) is 18.8. The summed E-state index contributed by atoms with van der Waals surface area (Å²) in [5, 5.41) is 20.6. The summed E-state index contributed by atoms with van der Waals surface area (Å²) in [6.07, 6.45) is 5.93. The molecule has 0 aliphatic carbocycles. The Morgan fingerprint density at radius 1 is 1.06 bits per heavy atom. The number of nitrogens with zero attached hydrogens (tertiary/aromatic N) is 2. The molecule has 11 heteroatoms. The largest absolute Gasteiger partial charge is 0.481 e. The van der Waals surface area contributed by atoms with Gasteiger partial charge >= 0.3 is 5.97 Å². The zero-order chi connectivity index (χ0) is 24.2. The molecule has 0 radical (unpaired) electrons. The van der Waals surface area contributed by atoms with Crippen molar-refractivity contribution in [3.05, 3.63) is 34.4 Å². The maximum atomic E-state index is 12.7. The van der Waals surface area contributed by atoms with Gasteiger partial charge in [-0.3, -0.25) is 19.7 Å². The number of nitroso groups, excluding NO2 is 1. The Kier molecular flexibility index (Phi) is 10.4. The molecule has 0 aliphatic heterocycles. The smallest absolute Gasteiger partial charge is 0.303 e. The van der Waals surface area contributed by atoms with E-state index in [1.807, 2.05) is 0 Å². The lowest BCUT2D eigenvalue weighted by Crippen LogP contribution is -2.17. The number of amides is 2. The minimum absolute atomic E-state index is 0.201. The third kappa shape index (κ3) is 8.97. The number of carboxylic acids is 1. The molecular weight excluding hydrogens is 446 g/mol. The lowest BCUT2D eigenvalue weighted by atomic mass is 10.1. The zero-order valence-corrected chi connectivity index (χ0v) is 19.6. The van der Waals surface area contributed by atoms with Crippen LogP contribution in [-0.2, 0) is 9.59 Å². The Labute approximate surface area is 196 Å². The normalized spacial score (nSPS) is 10.5. The van der Waals surface area contributed by atoms with Gasteiger partial charge in [-0.05, 0) is 43.1 Å². The molecule has 2 rings (SSSR count). The van der Waals surface area contributed by atoms with E-state index in [0.717, 1.165) is 62.1 Å². The van der Waals surface area contributed by atoms with Crippen LogP contribution in [0.1, 0.15) is 67.9 Å². The van der Waals surface area contributed by atoms with E-state index in [2.05, 4.69) is 26.1 Å². The second-order valence-corrected chi connectivity index (χ2v) is 8.57. The molecular formula is C22H29N5O5S. The average molecular weight is 476 g/mol. The molecule has 2 amide bonds. The molecule has 178 valence electrons. The Bertz CT molecular complexity index is 992. The topological polar surface area (TPSA) is 150 Å². The van der Waals surface area contributed by atoms with Crippen LogP contribution < -0.4 is 16.0 Å². The summed E-state index contributed by atoms with van der Waals surface area (Å²) in [7, 11) is 0. The summed E-state index contributed by atoms with van der Waals surface area (Å²) < 4.78 is 0. The number of rotatable bonds is 14. The van der Waals surface area contributed by atoms with Crippen molar-refractivity contribution in [2.75, 3.05) is 22.5 Å². The quantitative estimate of drug-likeness (QED) is 0.214. The van der Waals surface area contributed by atoms with Crippen molar-refractivity contribution in [3.8, 4) is 0 Å².